The molecule has 4 nitrogen and oxygen atoms in total. The Morgan fingerprint density at radius 2 is 2.14 bits per heavy atom. The van der Waals surface area contributed by atoms with E-state index in [2.05, 4.69) is 0 Å². The summed E-state index contributed by atoms with van der Waals surface area (Å²) in [6.45, 7) is 0.987. The summed E-state index contributed by atoms with van der Waals surface area (Å²) in [5.74, 6) is 0.424. The van der Waals surface area contributed by atoms with Gasteiger partial charge in [0.15, 0.2) is 0 Å². The Labute approximate surface area is 83.8 Å². The van der Waals surface area contributed by atoms with E-state index in [1.807, 2.05) is 0 Å². The predicted molar refractivity (Wildman–Crippen MR) is 50.7 cm³/mol. The van der Waals surface area contributed by atoms with Gasteiger partial charge in [0.2, 0.25) is 5.91 Å². The zero-order valence-corrected chi connectivity index (χ0v) is 8.48. The number of hydrogen-bond donors (Lipinski definition) is 1. The maximum atomic E-state index is 11.8. The van der Waals surface area contributed by atoms with Crippen molar-refractivity contribution in [3.8, 4) is 0 Å². The van der Waals surface area contributed by atoms with Crippen LogP contribution >= 0.6 is 0 Å². The second-order valence-corrected chi connectivity index (χ2v) is 4.21. The number of methoxy groups -OCH3 is 1. The minimum Gasteiger partial charge on any atom is -0.388 e. The van der Waals surface area contributed by atoms with Crippen molar-refractivity contribution in [1.82, 2.24) is 4.90 Å². The number of rotatable bonds is 2. The molecule has 2 rings (SSSR count). The molecule has 80 valence electrons. The quantitative estimate of drug-likeness (QED) is 0.681. The Morgan fingerprint density at radius 3 is 2.57 bits per heavy atom. The van der Waals surface area contributed by atoms with Gasteiger partial charge in [-0.2, -0.15) is 0 Å². The SMILES string of the molecule is CO[C@@H]1CN(C(=O)C2CCC2)C[C@H]1O. The number of aliphatic hydroxyl groups excluding tert-OH is 1. The smallest absolute Gasteiger partial charge is 0.225 e. The van der Waals surface area contributed by atoms with Crippen LogP contribution in [-0.2, 0) is 9.53 Å². The summed E-state index contributed by atoms with van der Waals surface area (Å²) < 4.78 is 5.09. The fourth-order valence-electron chi connectivity index (χ4n) is 2.08. The van der Waals surface area contributed by atoms with Crippen LogP contribution in [-0.4, -0.2) is 48.3 Å². The standard InChI is InChI=1S/C10H17NO3/c1-14-9-6-11(5-8(9)12)10(13)7-3-2-4-7/h7-9,12H,2-6H2,1H3/t8-,9-/m1/s1. The predicted octanol–water partition coefficient (Wildman–Crippen LogP) is 0.00460. The number of nitrogens with zero attached hydrogens (tertiary/aromatic N) is 1. The highest BCUT2D eigenvalue weighted by Crippen LogP contribution is 2.29. The number of β-amino-alcohol motifs (C(OH)–C–C–N with tert-alkyl or cyclic N) is 1. The van der Waals surface area contributed by atoms with Crippen molar-refractivity contribution >= 4 is 5.91 Å². The van der Waals surface area contributed by atoms with E-state index >= 15 is 0 Å². The van der Waals surface area contributed by atoms with Crippen LogP contribution in [0.3, 0.4) is 0 Å². The number of aliphatic hydroxyl groups is 1. The summed E-state index contributed by atoms with van der Waals surface area (Å²) in [6, 6.07) is 0. The van der Waals surface area contributed by atoms with Crippen molar-refractivity contribution in [2.75, 3.05) is 20.2 Å². The van der Waals surface area contributed by atoms with Crippen LogP contribution in [0.15, 0.2) is 0 Å². The molecule has 0 radical (unpaired) electrons. The Balaban J connectivity index is 1.90. The Kier molecular flexibility index (Phi) is 2.74. The van der Waals surface area contributed by atoms with Crippen molar-refractivity contribution in [3.05, 3.63) is 0 Å². The van der Waals surface area contributed by atoms with Gasteiger partial charge in [-0.05, 0) is 12.8 Å². The first-order chi connectivity index (χ1) is 6.72. The summed E-state index contributed by atoms with van der Waals surface area (Å²) in [4.78, 5) is 13.5. The summed E-state index contributed by atoms with van der Waals surface area (Å²) in [5.41, 5.74) is 0. The fourth-order valence-corrected chi connectivity index (χ4v) is 2.08. The lowest BCUT2D eigenvalue weighted by molar-refractivity contribution is -0.137. The molecule has 1 heterocycles. The van der Waals surface area contributed by atoms with Crippen molar-refractivity contribution < 1.29 is 14.6 Å². The van der Waals surface area contributed by atoms with E-state index in [4.69, 9.17) is 4.74 Å². The molecule has 2 fully saturated rings. The van der Waals surface area contributed by atoms with Crippen LogP contribution in [0.1, 0.15) is 19.3 Å². The van der Waals surface area contributed by atoms with E-state index in [9.17, 15) is 9.90 Å². The third kappa shape index (κ3) is 1.64. The lowest BCUT2D eigenvalue weighted by atomic mass is 9.84. The number of likely N-dealkylation sites (tertiary alicyclic amines) is 1. The number of hydrogen-bond acceptors (Lipinski definition) is 3. The second kappa shape index (κ2) is 3.87. The van der Waals surface area contributed by atoms with E-state index in [0.717, 1.165) is 12.8 Å². The molecule has 1 N–H and O–H groups in total. The van der Waals surface area contributed by atoms with Gasteiger partial charge in [-0.1, -0.05) is 6.42 Å². The number of carbonyl (C=O) groups is 1. The zero-order valence-electron chi connectivity index (χ0n) is 8.48. The molecule has 0 aromatic carbocycles. The molecule has 0 aromatic rings. The Hall–Kier alpha value is -0.610. The molecule has 0 bridgehead atoms. The van der Waals surface area contributed by atoms with Gasteiger partial charge in [-0.3, -0.25) is 4.79 Å². The first-order valence-corrected chi connectivity index (χ1v) is 5.22. The van der Waals surface area contributed by atoms with Crippen LogP contribution in [0.4, 0.5) is 0 Å². The molecule has 1 saturated carbocycles. The maximum absolute atomic E-state index is 11.8. The molecule has 1 aliphatic heterocycles. The molecule has 0 unspecified atom stereocenters. The Morgan fingerprint density at radius 1 is 1.43 bits per heavy atom. The van der Waals surface area contributed by atoms with Crippen LogP contribution in [0.25, 0.3) is 0 Å². The van der Waals surface area contributed by atoms with Crippen molar-refractivity contribution in [2.24, 2.45) is 5.92 Å². The average Bonchev–Trinajstić information content (AvgIpc) is 2.43. The van der Waals surface area contributed by atoms with E-state index in [1.54, 1.807) is 12.0 Å². The van der Waals surface area contributed by atoms with Gasteiger partial charge in [-0.25, -0.2) is 0 Å². The first-order valence-electron chi connectivity index (χ1n) is 5.22. The molecule has 1 saturated heterocycles. The molecular formula is C10H17NO3. The van der Waals surface area contributed by atoms with Crippen molar-refractivity contribution in [1.29, 1.82) is 0 Å². The minimum absolute atomic E-state index is 0.195. The van der Waals surface area contributed by atoms with Crippen molar-refractivity contribution in [2.45, 2.75) is 31.5 Å². The monoisotopic (exact) mass is 199 g/mol. The second-order valence-electron chi connectivity index (χ2n) is 4.21. The summed E-state index contributed by atoms with van der Waals surface area (Å²) in [5, 5.41) is 9.56. The van der Waals surface area contributed by atoms with Gasteiger partial charge in [0, 0.05) is 26.1 Å². The Bertz CT molecular complexity index is 227. The van der Waals surface area contributed by atoms with Crippen molar-refractivity contribution in [3.63, 3.8) is 0 Å². The van der Waals surface area contributed by atoms with Crippen LogP contribution in [0.2, 0.25) is 0 Å². The molecule has 1 amide bonds. The van der Waals surface area contributed by atoms with Gasteiger partial charge in [0.25, 0.3) is 0 Å². The lowest BCUT2D eigenvalue weighted by Crippen LogP contribution is -2.38. The largest absolute Gasteiger partial charge is 0.388 e. The highest BCUT2D eigenvalue weighted by Gasteiger charge is 2.38. The van der Waals surface area contributed by atoms with Gasteiger partial charge >= 0.3 is 0 Å². The molecule has 1 aliphatic carbocycles. The van der Waals surface area contributed by atoms with Gasteiger partial charge in [0.1, 0.15) is 6.10 Å². The average molecular weight is 199 g/mol. The van der Waals surface area contributed by atoms with Crippen LogP contribution in [0.5, 0.6) is 0 Å². The normalized spacial score (nSPS) is 33.1. The summed E-state index contributed by atoms with van der Waals surface area (Å²) in [6.07, 6.45) is 2.50. The maximum Gasteiger partial charge on any atom is 0.225 e. The highest BCUT2D eigenvalue weighted by atomic mass is 16.5. The molecule has 0 spiro atoms. The third-order valence-electron chi connectivity index (χ3n) is 3.31. The highest BCUT2D eigenvalue weighted by molar-refractivity contribution is 5.80. The van der Waals surface area contributed by atoms with Gasteiger partial charge in [0.05, 0.1) is 6.10 Å². The van der Waals surface area contributed by atoms with E-state index in [-0.39, 0.29) is 17.9 Å². The summed E-state index contributed by atoms with van der Waals surface area (Å²) >= 11 is 0. The number of amides is 1. The van der Waals surface area contributed by atoms with E-state index in [0.29, 0.717) is 13.1 Å². The lowest BCUT2D eigenvalue weighted by Gasteiger charge is -2.28. The molecule has 14 heavy (non-hydrogen) atoms. The van der Waals surface area contributed by atoms with Crippen LogP contribution < -0.4 is 0 Å². The van der Waals surface area contributed by atoms with E-state index in [1.165, 1.54) is 6.42 Å². The van der Waals surface area contributed by atoms with Crippen LogP contribution in [0, 0.1) is 5.92 Å². The molecule has 4 heteroatoms. The van der Waals surface area contributed by atoms with Gasteiger partial charge < -0.3 is 14.7 Å². The number of ether oxygens (including phenoxy) is 1. The van der Waals surface area contributed by atoms with E-state index < -0.39 is 6.10 Å². The molecule has 2 atom stereocenters. The minimum atomic E-state index is -0.510. The molecular weight excluding hydrogens is 182 g/mol. The van der Waals surface area contributed by atoms with Gasteiger partial charge in [-0.15, -0.1) is 0 Å². The first kappa shape index (κ1) is 9.93. The third-order valence-corrected chi connectivity index (χ3v) is 3.31. The number of carbonyl (C=O) groups excluding carboxylic acids is 1. The molecule has 2 aliphatic rings. The topological polar surface area (TPSA) is 49.8 Å². The summed E-state index contributed by atoms with van der Waals surface area (Å²) in [7, 11) is 1.57. The fraction of sp³-hybridized carbons (Fsp3) is 0.900. The zero-order chi connectivity index (χ0) is 10.1. The molecule has 0 aromatic heterocycles.